The van der Waals surface area contributed by atoms with Crippen molar-refractivity contribution in [1.29, 1.82) is 0 Å². The van der Waals surface area contributed by atoms with Crippen molar-refractivity contribution in [2.24, 2.45) is 0 Å². The number of carbonyl (C=O) groups is 2. The van der Waals surface area contributed by atoms with E-state index in [-0.39, 0.29) is 11.5 Å². The Morgan fingerprint density at radius 2 is 2.11 bits per heavy atom. The lowest BCUT2D eigenvalue weighted by Gasteiger charge is -2.06. The molecule has 0 atom stereocenters. The summed E-state index contributed by atoms with van der Waals surface area (Å²) >= 11 is 3.20. The molecule has 6 nitrogen and oxygen atoms in total. The van der Waals surface area contributed by atoms with E-state index in [1.807, 2.05) is 0 Å². The number of carbonyl (C=O) groups excluding carboxylic acids is 1. The maximum absolute atomic E-state index is 11.7. The van der Waals surface area contributed by atoms with Crippen LogP contribution < -0.4 is 5.32 Å². The van der Waals surface area contributed by atoms with Gasteiger partial charge in [0.2, 0.25) is 0 Å². The maximum atomic E-state index is 11.7. The molecule has 2 aromatic rings. The number of rotatable bonds is 3. The van der Waals surface area contributed by atoms with E-state index in [2.05, 4.69) is 31.4 Å². The lowest BCUT2D eigenvalue weighted by Crippen LogP contribution is -2.13. The molecule has 0 aliphatic carbocycles. The fraction of sp³-hybridized carbons (Fsp3) is 0. The third-order valence-electron chi connectivity index (χ3n) is 2.21. The Bertz CT molecular complexity index is 596. The van der Waals surface area contributed by atoms with Gasteiger partial charge in [-0.3, -0.25) is 9.89 Å². The Kier molecular flexibility index (Phi) is 3.42. The fourth-order valence-corrected chi connectivity index (χ4v) is 1.80. The number of nitrogens with one attached hydrogen (secondary N) is 2. The van der Waals surface area contributed by atoms with Crippen molar-refractivity contribution in [3.8, 4) is 0 Å². The average molecular weight is 310 g/mol. The van der Waals surface area contributed by atoms with Crippen molar-refractivity contribution < 1.29 is 14.7 Å². The number of carboxylic acid groups (broad SMARTS) is 1. The molecule has 18 heavy (non-hydrogen) atoms. The summed E-state index contributed by atoms with van der Waals surface area (Å²) in [6.45, 7) is 0. The molecular weight excluding hydrogens is 302 g/mol. The SMILES string of the molecule is O=C(O)c1ccc(NC(=O)c2ccn[nH]2)c(Br)c1. The zero-order chi connectivity index (χ0) is 13.1. The van der Waals surface area contributed by atoms with Crippen LogP contribution in [0.15, 0.2) is 34.9 Å². The Balaban J connectivity index is 2.20. The van der Waals surface area contributed by atoms with Crippen molar-refractivity contribution in [3.05, 3.63) is 46.2 Å². The molecule has 0 saturated heterocycles. The zero-order valence-corrected chi connectivity index (χ0v) is 10.6. The summed E-state index contributed by atoms with van der Waals surface area (Å²) in [5.41, 5.74) is 0.949. The van der Waals surface area contributed by atoms with Gasteiger partial charge in [0.15, 0.2) is 0 Å². The van der Waals surface area contributed by atoms with Gasteiger partial charge in [-0.25, -0.2) is 4.79 Å². The second-order valence-electron chi connectivity index (χ2n) is 3.42. The second kappa shape index (κ2) is 5.01. The van der Waals surface area contributed by atoms with E-state index >= 15 is 0 Å². The van der Waals surface area contributed by atoms with Crippen LogP contribution in [0.4, 0.5) is 5.69 Å². The number of H-pyrrole nitrogens is 1. The number of aromatic nitrogens is 2. The minimum Gasteiger partial charge on any atom is -0.478 e. The molecule has 0 fully saturated rings. The number of benzene rings is 1. The molecule has 0 spiro atoms. The average Bonchev–Trinajstić information content (AvgIpc) is 2.85. The van der Waals surface area contributed by atoms with Gasteiger partial charge in [-0.15, -0.1) is 0 Å². The number of aromatic carboxylic acids is 1. The van der Waals surface area contributed by atoms with E-state index in [1.54, 1.807) is 0 Å². The number of carboxylic acids is 1. The molecule has 1 aromatic carbocycles. The van der Waals surface area contributed by atoms with Gasteiger partial charge in [0, 0.05) is 10.7 Å². The van der Waals surface area contributed by atoms with Gasteiger partial charge < -0.3 is 10.4 Å². The van der Waals surface area contributed by atoms with Crippen molar-refractivity contribution in [1.82, 2.24) is 10.2 Å². The highest BCUT2D eigenvalue weighted by atomic mass is 79.9. The minimum absolute atomic E-state index is 0.140. The van der Waals surface area contributed by atoms with Crippen LogP contribution in [0.5, 0.6) is 0 Å². The lowest BCUT2D eigenvalue weighted by atomic mass is 10.2. The normalized spacial score (nSPS) is 10.1. The van der Waals surface area contributed by atoms with E-state index in [1.165, 1.54) is 30.5 Å². The Morgan fingerprint density at radius 3 is 2.67 bits per heavy atom. The Morgan fingerprint density at radius 1 is 1.33 bits per heavy atom. The van der Waals surface area contributed by atoms with Crippen LogP contribution in [0, 0.1) is 0 Å². The van der Waals surface area contributed by atoms with Crippen molar-refractivity contribution in [2.45, 2.75) is 0 Å². The highest BCUT2D eigenvalue weighted by molar-refractivity contribution is 9.10. The van der Waals surface area contributed by atoms with Crippen LogP contribution in [0.1, 0.15) is 20.8 Å². The molecule has 0 saturated carbocycles. The molecule has 0 bridgehead atoms. The lowest BCUT2D eigenvalue weighted by molar-refractivity contribution is 0.0696. The van der Waals surface area contributed by atoms with Gasteiger partial charge in [-0.05, 0) is 40.2 Å². The third-order valence-corrected chi connectivity index (χ3v) is 2.87. The quantitative estimate of drug-likeness (QED) is 0.809. The van der Waals surface area contributed by atoms with Crippen LogP contribution in [-0.4, -0.2) is 27.2 Å². The Hall–Kier alpha value is -2.15. The van der Waals surface area contributed by atoms with Crippen LogP contribution in [-0.2, 0) is 0 Å². The molecule has 1 amide bonds. The molecule has 0 unspecified atom stereocenters. The first-order valence-electron chi connectivity index (χ1n) is 4.91. The smallest absolute Gasteiger partial charge is 0.335 e. The largest absolute Gasteiger partial charge is 0.478 e. The number of aromatic amines is 1. The molecule has 1 aromatic heterocycles. The van der Waals surface area contributed by atoms with E-state index in [0.717, 1.165) is 0 Å². The molecule has 0 aliphatic rings. The third kappa shape index (κ3) is 2.57. The molecule has 0 aliphatic heterocycles. The summed E-state index contributed by atoms with van der Waals surface area (Å²) in [7, 11) is 0. The van der Waals surface area contributed by atoms with E-state index in [9.17, 15) is 9.59 Å². The summed E-state index contributed by atoms with van der Waals surface area (Å²) in [5.74, 6) is -1.38. The predicted molar refractivity (Wildman–Crippen MR) is 67.6 cm³/mol. The topological polar surface area (TPSA) is 95.1 Å². The minimum atomic E-state index is -1.03. The van der Waals surface area contributed by atoms with Crippen LogP contribution in [0.3, 0.4) is 0 Å². The highest BCUT2D eigenvalue weighted by Gasteiger charge is 2.11. The first-order chi connectivity index (χ1) is 8.58. The second-order valence-corrected chi connectivity index (χ2v) is 4.28. The van der Waals surface area contributed by atoms with Crippen molar-refractivity contribution in [3.63, 3.8) is 0 Å². The van der Waals surface area contributed by atoms with Crippen molar-refractivity contribution in [2.75, 3.05) is 5.32 Å². The van der Waals surface area contributed by atoms with E-state index in [4.69, 9.17) is 5.11 Å². The molecular formula is C11H8BrN3O3. The number of hydrogen-bond donors (Lipinski definition) is 3. The maximum Gasteiger partial charge on any atom is 0.335 e. The van der Waals surface area contributed by atoms with E-state index in [0.29, 0.717) is 15.9 Å². The number of anilines is 1. The summed E-state index contributed by atoms with van der Waals surface area (Å²) in [6.07, 6.45) is 1.47. The fourth-order valence-electron chi connectivity index (χ4n) is 1.32. The summed E-state index contributed by atoms with van der Waals surface area (Å²) in [5, 5.41) is 17.6. The van der Waals surface area contributed by atoms with Gasteiger partial charge in [0.05, 0.1) is 11.3 Å². The molecule has 92 valence electrons. The standard InChI is InChI=1S/C11H8BrN3O3/c12-7-5-6(11(17)18)1-2-8(7)14-10(16)9-3-4-13-15-9/h1-5H,(H,13,15)(H,14,16)(H,17,18). The first-order valence-corrected chi connectivity index (χ1v) is 5.71. The van der Waals surface area contributed by atoms with Gasteiger partial charge in [0.25, 0.3) is 5.91 Å². The monoisotopic (exact) mass is 309 g/mol. The molecule has 3 N–H and O–H groups in total. The summed E-state index contributed by atoms with van der Waals surface area (Å²) < 4.78 is 0.496. The van der Waals surface area contributed by atoms with Crippen molar-refractivity contribution >= 4 is 33.5 Å². The number of nitrogens with zero attached hydrogens (tertiary/aromatic N) is 1. The van der Waals surface area contributed by atoms with Crippen LogP contribution in [0.2, 0.25) is 0 Å². The molecule has 1 heterocycles. The zero-order valence-electron chi connectivity index (χ0n) is 8.98. The molecule has 7 heteroatoms. The molecule has 2 rings (SSSR count). The van der Waals surface area contributed by atoms with Gasteiger partial charge in [-0.2, -0.15) is 5.10 Å². The summed E-state index contributed by atoms with van der Waals surface area (Å²) in [4.78, 5) is 22.5. The van der Waals surface area contributed by atoms with Gasteiger partial charge >= 0.3 is 5.97 Å². The van der Waals surface area contributed by atoms with Crippen LogP contribution >= 0.6 is 15.9 Å². The van der Waals surface area contributed by atoms with Crippen LogP contribution in [0.25, 0.3) is 0 Å². The number of amides is 1. The van der Waals surface area contributed by atoms with E-state index < -0.39 is 5.97 Å². The first kappa shape index (κ1) is 12.3. The predicted octanol–water partition coefficient (Wildman–Crippen LogP) is 2.12. The van der Waals surface area contributed by atoms with Gasteiger partial charge in [-0.1, -0.05) is 0 Å². The van der Waals surface area contributed by atoms with Gasteiger partial charge in [0.1, 0.15) is 5.69 Å². The number of halogens is 1. The molecule has 0 radical (unpaired) electrons. The summed E-state index contributed by atoms with van der Waals surface area (Å²) in [6, 6.07) is 5.89. The highest BCUT2D eigenvalue weighted by Crippen LogP contribution is 2.24. The Labute approximate surface area is 110 Å². The number of hydrogen-bond acceptors (Lipinski definition) is 3.